The van der Waals surface area contributed by atoms with Crippen molar-refractivity contribution in [2.45, 2.75) is 84.1 Å². The summed E-state index contributed by atoms with van der Waals surface area (Å²) in [7, 11) is 2.14. The minimum atomic E-state index is -0.415. The molecular formula is C40H43FN2+2. The van der Waals surface area contributed by atoms with Gasteiger partial charge in [0.2, 0.25) is 11.4 Å². The van der Waals surface area contributed by atoms with Crippen LogP contribution in [0.5, 0.6) is 0 Å². The van der Waals surface area contributed by atoms with Crippen molar-refractivity contribution in [3.8, 4) is 22.5 Å². The summed E-state index contributed by atoms with van der Waals surface area (Å²) < 4.78 is 20.8. The molecule has 1 atom stereocenters. The molecular weight excluding hydrogens is 527 g/mol. The van der Waals surface area contributed by atoms with Crippen LogP contribution in [0.2, 0.25) is 0 Å². The van der Waals surface area contributed by atoms with Crippen molar-refractivity contribution in [3.05, 3.63) is 118 Å². The molecule has 218 valence electrons. The number of aryl methyl sites for hydroxylation is 4. The standard InChI is InChI=1S/C40H43FN2/c1-8-40(9-2)31-16-17-32(41)37-36(31)38-35-28(11-10-12-30(35)39(37,5)6)20-22-43(38)34(40)18-15-27-14-13-25(3)23-29(27)33-24-26(4)19-21-42(33)7/h10-14,16-17,19-24,34H,8-9,15,18H2,1-7H3/q+2. The Morgan fingerprint density at radius 1 is 0.837 bits per heavy atom. The van der Waals surface area contributed by atoms with E-state index in [2.05, 4.69) is 131 Å². The van der Waals surface area contributed by atoms with Gasteiger partial charge in [-0.1, -0.05) is 69.7 Å². The largest absolute Gasteiger partial charge is 0.221 e. The molecule has 3 aromatic carbocycles. The first kappa shape index (κ1) is 28.0. The average Bonchev–Trinajstić information content (AvgIpc) is 3.00. The number of nitrogens with zero attached hydrogens (tertiary/aromatic N) is 2. The molecule has 2 aromatic heterocycles. The number of benzene rings is 3. The van der Waals surface area contributed by atoms with E-state index >= 15 is 4.39 Å². The van der Waals surface area contributed by atoms with Gasteiger partial charge in [0.15, 0.2) is 18.4 Å². The summed E-state index contributed by atoms with van der Waals surface area (Å²) in [6.07, 6.45) is 8.46. The topological polar surface area (TPSA) is 7.76 Å². The lowest BCUT2D eigenvalue weighted by molar-refractivity contribution is -0.724. The fourth-order valence-electron chi connectivity index (χ4n) is 8.70. The monoisotopic (exact) mass is 570 g/mol. The average molecular weight is 571 g/mol. The van der Waals surface area contributed by atoms with Crippen LogP contribution in [0.4, 0.5) is 4.39 Å². The second kappa shape index (κ2) is 9.84. The van der Waals surface area contributed by atoms with Crippen LogP contribution in [0.1, 0.15) is 86.4 Å². The molecule has 0 saturated heterocycles. The molecule has 0 spiro atoms. The van der Waals surface area contributed by atoms with E-state index in [0.717, 1.165) is 36.8 Å². The van der Waals surface area contributed by atoms with Gasteiger partial charge < -0.3 is 0 Å². The zero-order valence-electron chi connectivity index (χ0n) is 26.7. The number of halogens is 1. The van der Waals surface area contributed by atoms with E-state index in [1.54, 1.807) is 6.07 Å². The van der Waals surface area contributed by atoms with E-state index in [1.165, 1.54) is 55.5 Å². The molecule has 0 N–H and O–H groups in total. The highest BCUT2D eigenvalue weighted by Crippen LogP contribution is 2.57. The molecule has 0 bridgehead atoms. The van der Waals surface area contributed by atoms with E-state index in [4.69, 9.17) is 0 Å². The zero-order chi connectivity index (χ0) is 30.3. The van der Waals surface area contributed by atoms with Crippen molar-refractivity contribution in [2.24, 2.45) is 7.05 Å². The fraction of sp³-hybridized carbons (Fsp3) is 0.350. The fourth-order valence-corrected chi connectivity index (χ4v) is 8.70. The van der Waals surface area contributed by atoms with Gasteiger partial charge >= 0.3 is 0 Å². The highest BCUT2D eigenvalue weighted by Gasteiger charge is 2.54. The van der Waals surface area contributed by atoms with Crippen LogP contribution in [0.3, 0.4) is 0 Å². The molecule has 7 rings (SSSR count). The Hall–Kier alpha value is -3.85. The summed E-state index contributed by atoms with van der Waals surface area (Å²) in [5.74, 6) is -0.0864. The summed E-state index contributed by atoms with van der Waals surface area (Å²) in [6, 6.07) is 24.4. The number of hydrogen-bond acceptors (Lipinski definition) is 0. The van der Waals surface area contributed by atoms with Crippen molar-refractivity contribution in [3.63, 3.8) is 0 Å². The third kappa shape index (κ3) is 3.89. The number of hydrogen-bond donors (Lipinski definition) is 0. The Kier molecular flexibility index (Phi) is 6.40. The van der Waals surface area contributed by atoms with Crippen LogP contribution < -0.4 is 9.13 Å². The van der Waals surface area contributed by atoms with Crippen LogP contribution in [0, 0.1) is 19.7 Å². The number of rotatable bonds is 6. The summed E-state index contributed by atoms with van der Waals surface area (Å²) in [4.78, 5) is 0. The van der Waals surface area contributed by atoms with E-state index in [9.17, 15) is 0 Å². The predicted molar refractivity (Wildman–Crippen MR) is 174 cm³/mol. The van der Waals surface area contributed by atoms with Gasteiger partial charge in [0.25, 0.3) is 0 Å². The van der Waals surface area contributed by atoms with E-state index < -0.39 is 5.41 Å². The Bertz CT molecular complexity index is 1930. The Labute approximate surface area is 255 Å². The maximum Gasteiger partial charge on any atom is 0.221 e. The molecule has 2 aliphatic rings. The van der Waals surface area contributed by atoms with Crippen molar-refractivity contribution < 1.29 is 13.5 Å². The number of pyridine rings is 2. The van der Waals surface area contributed by atoms with Crippen molar-refractivity contribution in [1.82, 2.24) is 0 Å². The van der Waals surface area contributed by atoms with Crippen LogP contribution in [0.25, 0.3) is 33.3 Å². The molecule has 1 aliphatic carbocycles. The summed E-state index contributed by atoms with van der Waals surface area (Å²) >= 11 is 0. The smallest absolute Gasteiger partial charge is 0.207 e. The summed E-state index contributed by atoms with van der Waals surface area (Å²) in [6.45, 7) is 13.4. The molecule has 5 aromatic rings. The van der Waals surface area contributed by atoms with Crippen LogP contribution in [-0.2, 0) is 24.3 Å². The summed E-state index contributed by atoms with van der Waals surface area (Å²) in [5, 5.41) is 2.53. The van der Waals surface area contributed by atoms with Crippen molar-refractivity contribution in [2.75, 3.05) is 0 Å². The van der Waals surface area contributed by atoms with E-state index in [1.807, 2.05) is 0 Å². The molecule has 43 heavy (non-hydrogen) atoms. The van der Waals surface area contributed by atoms with Gasteiger partial charge in [-0.3, -0.25) is 0 Å². The van der Waals surface area contributed by atoms with Crippen LogP contribution in [0.15, 0.2) is 79.1 Å². The SMILES string of the molecule is CCC1(CC)c2ccc(F)c3c2-c2c4c(cccc4cc[n+]2C1CCc1ccc(C)cc1-c1cc(C)cc[n+]1C)C3(C)C. The first-order chi connectivity index (χ1) is 20.6. The second-order valence-electron chi connectivity index (χ2n) is 13.6. The quantitative estimate of drug-likeness (QED) is 0.180. The lowest BCUT2D eigenvalue weighted by atomic mass is 9.59. The maximum atomic E-state index is 16.0. The number of aromatic nitrogens is 2. The first-order valence-corrected chi connectivity index (χ1v) is 16.0. The Balaban J connectivity index is 1.45. The molecule has 3 heterocycles. The second-order valence-corrected chi connectivity index (χ2v) is 13.6. The molecule has 2 nitrogen and oxygen atoms in total. The molecule has 1 aliphatic heterocycles. The van der Waals surface area contributed by atoms with Crippen LogP contribution >= 0.6 is 0 Å². The third-order valence-electron chi connectivity index (χ3n) is 11.0. The third-order valence-corrected chi connectivity index (χ3v) is 11.0. The highest BCUT2D eigenvalue weighted by molar-refractivity contribution is 6.01. The molecule has 0 radical (unpaired) electrons. The van der Waals surface area contributed by atoms with Gasteiger partial charge in [-0.2, -0.15) is 4.57 Å². The predicted octanol–water partition coefficient (Wildman–Crippen LogP) is 8.93. The van der Waals surface area contributed by atoms with Gasteiger partial charge in [-0.05, 0) is 72.9 Å². The van der Waals surface area contributed by atoms with E-state index in [0.29, 0.717) is 0 Å². The lowest BCUT2D eigenvalue weighted by Crippen LogP contribution is -2.57. The van der Waals surface area contributed by atoms with Gasteiger partial charge in [0.1, 0.15) is 12.9 Å². The van der Waals surface area contributed by atoms with Crippen LogP contribution in [-0.4, -0.2) is 0 Å². The maximum absolute atomic E-state index is 16.0. The molecule has 0 amide bonds. The minimum Gasteiger partial charge on any atom is -0.207 e. The molecule has 0 fully saturated rings. The highest BCUT2D eigenvalue weighted by atomic mass is 19.1. The zero-order valence-corrected chi connectivity index (χ0v) is 26.7. The van der Waals surface area contributed by atoms with Gasteiger partial charge in [0, 0.05) is 41.2 Å². The normalized spacial score (nSPS) is 17.3. The van der Waals surface area contributed by atoms with Gasteiger partial charge in [-0.25, -0.2) is 8.96 Å². The first-order valence-electron chi connectivity index (χ1n) is 16.0. The van der Waals surface area contributed by atoms with Crippen molar-refractivity contribution in [1.29, 1.82) is 0 Å². The lowest BCUT2D eigenvalue weighted by Gasteiger charge is -2.45. The molecule has 1 unspecified atom stereocenters. The van der Waals surface area contributed by atoms with E-state index in [-0.39, 0.29) is 17.3 Å². The van der Waals surface area contributed by atoms with Crippen molar-refractivity contribution >= 4 is 10.8 Å². The Morgan fingerprint density at radius 2 is 1.60 bits per heavy atom. The summed E-state index contributed by atoms with van der Waals surface area (Å²) in [5.41, 5.74) is 11.8. The molecule has 3 heteroatoms. The Morgan fingerprint density at radius 3 is 2.37 bits per heavy atom. The van der Waals surface area contributed by atoms with Gasteiger partial charge in [0.05, 0.1) is 16.4 Å². The van der Waals surface area contributed by atoms with Gasteiger partial charge in [-0.15, -0.1) is 0 Å². The minimum absolute atomic E-state index is 0.0864. The molecule has 0 saturated carbocycles.